The second-order valence-corrected chi connectivity index (χ2v) is 5.64. The monoisotopic (exact) mass is 332 g/mol. The minimum atomic E-state index is -0.0627. The van der Waals surface area contributed by atoms with Crippen LogP contribution in [-0.4, -0.2) is 12.5 Å². The summed E-state index contributed by atoms with van der Waals surface area (Å²) in [5.41, 5.74) is 4.14. The predicted molar refractivity (Wildman–Crippen MR) is 87.2 cm³/mol. The molecule has 0 heterocycles. The Morgan fingerprint density at radius 1 is 1.10 bits per heavy atom. The molecule has 0 saturated carbocycles. The number of benzene rings is 2. The number of hydrogen-bond acceptors (Lipinski definition) is 2. The maximum Gasteiger partial charge on any atom is 0.243 e. The molecule has 2 N–H and O–H groups in total. The number of aryl methyl sites for hydroxylation is 2. The Kier molecular flexibility index (Phi) is 4.79. The summed E-state index contributed by atoms with van der Waals surface area (Å²) in [5.74, 6) is -0.0627. The van der Waals surface area contributed by atoms with Crippen LogP contribution < -0.4 is 10.6 Å². The van der Waals surface area contributed by atoms with Crippen LogP contribution in [0, 0.1) is 13.8 Å². The van der Waals surface area contributed by atoms with Gasteiger partial charge in [-0.25, -0.2) is 0 Å². The number of carbonyl (C=O) groups is 1. The summed E-state index contributed by atoms with van der Waals surface area (Å²) in [7, 11) is 0. The highest BCUT2D eigenvalue weighted by Gasteiger charge is 2.04. The Morgan fingerprint density at radius 2 is 1.80 bits per heavy atom. The van der Waals surface area contributed by atoms with Crippen molar-refractivity contribution in [2.75, 3.05) is 17.2 Å². The van der Waals surface area contributed by atoms with Crippen molar-refractivity contribution in [3.05, 3.63) is 58.1 Å². The summed E-state index contributed by atoms with van der Waals surface area (Å²) in [4.78, 5) is 11.9. The van der Waals surface area contributed by atoms with Crippen LogP contribution in [0.4, 0.5) is 11.4 Å². The second kappa shape index (κ2) is 6.57. The largest absolute Gasteiger partial charge is 0.376 e. The lowest BCUT2D eigenvalue weighted by molar-refractivity contribution is -0.114. The van der Waals surface area contributed by atoms with Crippen molar-refractivity contribution in [3.63, 3.8) is 0 Å². The Labute approximate surface area is 127 Å². The molecule has 0 saturated heterocycles. The van der Waals surface area contributed by atoms with Crippen molar-refractivity contribution in [1.82, 2.24) is 0 Å². The fourth-order valence-corrected chi connectivity index (χ4v) is 2.19. The number of anilines is 2. The molecule has 0 unspecified atom stereocenters. The first kappa shape index (κ1) is 14.6. The number of carbonyl (C=O) groups excluding carboxylic acids is 1. The minimum Gasteiger partial charge on any atom is -0.376 e. The van der Waals surface area contributed by atoms with Gasteiger partial charge in [0.1, 0.15) is 0 Å². The van der Waals surface area contributed by atoms with Gasteiger partial charge in [0.25, 0.3) is 0 Å². The third kappa shape index (κ3) is 4.10. The Hall–Kier alpha value is -1.81. The Bertz CT molecular complexity index is 608. The highest BCUT2D eigenvalue weighted by molar-refractivity contribution is 9.10. The molecule has 0 aliphatic carbocycles. The number of amides is 1. The number of hydrogen-bond donors (Lipinski definition) is 2. The standard InChI is InChI=1S/C16H17BrN2O/c1-11-3-8-15(12(2)9-11)18-10-16(20)19-14-6-4-13(17)5-7-14/h3-9,18H,10H2,1-2H3,(H,19,20). The molecule has 0 radical (unpaired) electrons. The normalized spacial score (nSPS) is 10.2. The lowest BCUT2D eigenvalue weighted by atomic mass is 10.1. The maximum atomic E-state index is 11.9. The molecule has 104 valence electrons. The summed E-state index contributed by atoms with van der Waals surface area (Å²) in [6.07, 6.45) is 0. The third-order valence-electron chi connectivity index (χ3n) is 2.95. The molecule has 0 aliphatic rings. The van der Waals surface area contributed by atoms with E-state index in [1.54, 1.807) is 0 Å². The average Bonchev–Trinajstić information content (AvgIpc) is 2.40. The summed E-state index contributed by atoms with van der Waals surface area (Å²) < 4.78 is 0.990. The fourth-order valence-electron chi connectivity index (χ4n) is 1.93. The topological polar surface area (TPSA) is 41.1 Å². The summed E-state index contributed by atoms with van der Waals surface area (Å²) in [6, 6.07) is 13.6. The van der Waals surface area contributed by atoms with Crippen LogP contribution in [0.3, 0.4) is 0 Å². The van der Waals surface area contributed by atoms with Crippen LogP contribution >= 0.6 is 15.9 Å². The van der Waals surface area contributed by atoms with Crippen molar-refractivity contribution in [3.8, 4) is 0 Å². The molecule has 2 aromatic rings. The van der Waals surface area contributed by atoms with Crippen molar-refractivity contribution in [2.24, 2.45) is 0 Å². The first-order valence-corrected chi connectivity index (χ1v) is 7.20. The van der Waals surface area contributed by atoms with E-state index in [1.165, 1.54) is 5.56 Å². The lowest BCUT2D eigenvalue weighted by Crippen LogP contribution is -2.22. The van der Waals surface area contributed by atoms with E-state index in [9.17, 15) is 4.79 Å². The van der Waals surface area contributed by atoms with Crippen molar-refractivity contribution in [2.45, 2.75) is 13.8 Å². The molecule has 0 aromatic heterocycles. The van der Waals surface area contributed by atoms with Crippen molar-refractivity contribution in [1.29, 1.82) is 0 Å². The third-order valence-corrected chi connectivity index (χ3v) is 3.48. The van der Waals surface area contributed by atoms with Crippen molar-refractivity contribution >= 4 is 33.2 Å². The zero-order valence-electron chi connectivity index (χ0n) is 11.5. The second-order valence-electron chi connectivity index (χ2n) is 4.73. The molecule has 0 aliphatic heterocycles. The molecule has 4 heteroatoms. The van der Waals surface area contributed by atoms with Gasteiger partial charge in [-0.3, -0.25) is 4.79 Å². The van der Waals surface area contributed by atoms with Gasteiger partial charge in [-0.1, -0.05) is 33.6 Å². The van der Waals surface area contributed by atoms with Crippen LogP contribution in [0.1, 0.15) is 11.1 Å². The average molecular weight is 333 g/mol. The maximum absolute atomic E-state index is 11.9. The van der Waals surface area contributed by atoms with Crippen LogP contribution in [0.5, 0.6) is 0 Å². The van der Waals surface area contributed by atoms with E-state index >= 15 is 0 Å². The molecule has 20 heavy (non-hydrogen) atoms. The van der Waals surface area contributed by atoms with Crippen LogP contribution in [0.2, 0.25) is 0 Å². The number of nitrogens with one attached hydrogen (secondary N) is 2. The van der Waals surface area contributed by atoms with E-state index in [4.69, 9.17) is 0 Å². The van der Waals surface area contributed by atoms with E-state index < -0.39 is 0 Å². The zero-order valence-corrected chi connectivity index (χ0v) is 13.1. The van der Waals surface area contributed by atoms with E-state index in [-0.39, 0.29) is 12.5 Å². The summed E-state index contributed by atoms with van der Waals surface area (Å²) in [5, 5.41) is 6.00. The molecular formula is C16H17BrN2O. The predicted octanol–water partition coefficient (Wildman–Crippen LogP) is 4.12. The molecule has 0 spiro atoms. The van der Waals surface area contributed by atoms with Gasteiger partial charge in [0.05, 0.1) is 6.54 Å². The Balaban J connectivity index is 1.90. The Morgan fingerprint density at radius 3 is 2.45 bits per heavy atom. The van der Waals surface area contributed by atoms with Crippen LogP contribution in [-0.2, 0) is 4.79 Å². The van der Waals surface area contributed by atoms with E-state index in [0.29, 0.717) is 0 Å². The molecule has 0 atom stereocenters. The van der Waals surface area contributed by atoms with Gasteiger partial charge in [-0.2, -0.15) is 0 Å². The minimum absolute atomic E-state index is 0.0627. The van der Waals surface area contributed by atoms with Gasteiger partial charge < -0.3 is 10.6 Å². The van der Waals surface area contributed by atoms with E-state index in [1.807, 2.05) is 43.3 Å². The molecule has 2 rings (SSSR count). The van der Waals surface area contributed by atoms with Gasteiger partial charge in [0.15, 0.2) is 0 Å². The number of halogens is 1. The van der Waals surface area contributed by atoms with E-state index in [2.05, 4.69) is 39.6 Å². The number of rotatable bonds is 4. The van der Waals surface area contributed by atoms with Crippen LogP contribution in [0.25, 0.3) is 0 Å². The zero-order chi connectivity index (χ0) is 14.5. The summed E-state index contributed by atoms with van der Waals surface area (Å²) in [6.45, 7) is 4.33. The van der Waals surface area contributed by atoms with Gasteiger partial charge in [0.2, 0.25) is 5.91 Å². The first-order chi connectivity index (χ1) is 9.54. The smallest absolute Gasteiger partial charge is 0.243 e. The summed E-state index contributed by atoms with van der Waals surface area (Å²) >= 11 is 3.36. The van der Waals surface area contributed by atoms with Gasteiger partial charge >= 0.3 is 0 Å². The molecule has 2 aromatic carbocycles. The first-order valence-electron chi connectivity index (χ1n) is 6.41. The molecule has 0 bridgehead atoms. The van der Waals surface area contributed by atoms with E-state index in [0.717, 1.165) is 21.4 Å². The van der Waals surface area contributed by atoms with Crippen molar-refractivity contribution < 1.29 is 4.79 Å². The lowest BCUT2D eigenvalue weighted by Gasteiger charge is -2.10. The quantitative estimate of drug-likeness (QED) is 0.884. The highest BCUT2D eigenvalue weighted by Crippen LogP contribution is 2.16. The molecule has 3 nitrogen and oxygen atoms in total. The van der Waals surface area contributed by atoms with Gasteiger partial charge in [-0.15, -0.1) is 0 Å². The van der Waals surface area contributed by atoms with Crippen LogP contribution in [0.15, 0.2) is 46.9 Å². The highest BCUT2D eigenvalue weighted by atomic mass is 79.9. The fraction of sp³-hybridized carbons (Fsp3) is 0.188. The van der Waals surface area contributed by atoms with Gasteiger partial charge in [-0.05, 0) is 49.7 Å². The van der Waals surface area contributed by atoms with Gasteiger partial charge in [0, 0.05) is 15.8 Å². The SMILES string of the molecule is Cc1ccc(NCC(=O)Nc2ccc(Br)cc2)c(C)c1. The molecule has 1 amide bonds. The molecule has 0 fully saturated rings. The molecular weight excluding hydrogens is 316 g/mol.